The minimum absolute atomic E-state index is 0.420. The van der Waals surface area contributed by atoms with E-state index in [4.69, 9.17) is 4.42 Å². The number of likely N-dealkylation sites (tertiary alicyclic amines) is 1. The van der Waals surface area contributed by atoms with Crippen LogP contribution in [0, 0.1) is 0 Å². The van der Waals surface area contributed by atoms with Gasteiger partial charge in [-0.3, -0.25) is 4.90 Å². The summed E-state index contributed by atoms with van der Waals surface area (Å²) in [5.74, 6) is 1.11. The zero-order valence-electron chi connectivity index (χ0n) is 11.5. The molecule has 102 valence electrons. The van der Waals surface area contributed by atoms with Crippen molar-refractivity contribution in [2.45, 2.75) is 45.1 Å². The highest BCUT2D eigenvalue weighted by atomic mass is 16.3. The van der Waals surface area contributed by atoms with Crippen molar-refractivity contribution in [2.24, 2.45) is 0 Å². The topological polar surface area (TPSA) is 28.4 Å². The molecule has 3 nitrogen and oxygen atoms in total. The van der Waals surface area contributed by atoms with Gasteiger partial charge in [0.05, 0.1) is 12.3 Å². The van der Waals surface area contributed by atoms with Crippen LogP contribution in [0.5, 0.6) is 0 Å². The van der Waals surface area contributed by atoms with Crippen LogP contribution in [-0.2, 0) is 0 Å². The molecule has 1 fully saturated rings. The molecule has 3 heteroatoms. The second kappa shape index (κ2) is 7.59. The van der Waals surface area contributed by atoms with E-state index < -0.39 is 0 Å². The zero-order valence-corrected chi connectivity index (χ0v) is 11.5. The van der Waals surface area contributed by atoms with Crippen molar-refractivity contribution < 1.29 is 4.42 Å². The lowest BCUT2D eigenvalue weighted by atomic mass is 10.2. The molecule has 1 aromatic rings. The van der Waals surface area contributed by atoms with E-state index in [0.29, 0.717) is 6.04 Å². The molecule has 1 atom stereocenters. The maximum atomic E-state index is 5.60. The summed E-state index contributed by atoms with van der Waals surface area (Å²) in [6, 6.07) is 4.52. The molecular formula is C15H26N2O. The molecule has 0 aliphatic carbocycles. The van der Waals surface area contributed by atoms with E-state index >= 15 is 0 Å². The number of furan rings is 1. The number of hydrogen-bond donors (Lipinski definition) is 1. The molecule has 0 bridgehead atoms. The normalized spacial score (nSPS) is 18.3. The van der Waals surface area contributed by atoms with Crippen molar-refractivity contribution in [3.05, 3.63) is 24.2 Å². The van der Waals surface area contributed by atoms with Gasteiger partial charge in [-0.05, 0) is 51.0 Å². The first-order chi connectivity index (χ1) is 8.92. The van der Waals surface area contributed by atoms with Crippen LogP contribution in [0.4, 0.5) is 0 Å². The molecule has 1 N–H and O–H groups in total. The van der Waals surface area contributed by atoms with Crippen LogP contribution in [0.2, 0.25) is 0 Å². The van der Waals surface area contributed by atoms with Crippen molar-refractivity contribution in [1.29, 1.82) is 0 Å². The van der Waals surface area contributed by atoms with Crippen molar-refractivity contribution in [3.8, 4) is 0 Å². The highest BCUT2D eigenvalue weighted by Crippen LogP contribution is 2.24. The Labute approximate surface area is 111 Å². The first kappa shape index (κ1) is 13.6. The predicted molar refractivity (Wildman–Crippen MR) is 74.7 cm³/mol. The van der Waals surface area contributed by atoms with Crippen molar-refractivity contribution in [3.63, 3.8) is 0 Å². The van der Waals surface area contributed by atoms with Crippen LogP contribution < -0.4 is 5.32 Å². The summed E-state index contributed by atoms with van der Waals surface area (Å²) >= 11 is 0. The standard InChI is InChI=1S/C15H26N2O/c1-2-3-4-9-16-13-14(15-8-7-12-18-15)17-10-5-6-11-17/h7-8,12,14,16H,2-6,9-11,13H2,1H3. The lowest BCUT2D eigenvalue weighted by Crippen LogP contribution is -2.34. The molecule has 0 amide bonds. The Hall–Kier alpha value is -0.800. The Balaban J connectivity index is 1.81. The Bertz CT molecular complexity index is 304. The average Bonchev–Trinajstić information content (AvgIpc) is 3.06. The van der Waals surface area contributed by atoms with Crippen molar-refractivity contribution in [2.75, 3.05) is 26.2 Å². The summed E-state index contributed by atoms with van der Waals surface area (Å²) in [5.41, 5.74) is 0. The molecule has 18 heavy (non-hydrogen) atoms. The number of unbranched alkanes of at least 4 members (excludes halogenated alkanes) is 2. The highest BCUT2D eigenvalue weighted by Gasteiger charge is 2.24. The molecule has 1 aromatic heterocycles. The summed E-state index contributed by atoms with van der Waals surface area (Å²) in [5, 5.41) is 3.58. The summed E-state index contributed by atoms with van der Waals surface area (Å²) in [7, 11) is 0. The Morgan fingerprint density at radius 2 is 2.17 bits per heavy atom. The Kier molecular flexibility index (Phi) is 5.75. The van der Waals surface area contributed by atoms with E-state index in [0.717, 1.165) is 18.8 Å². The van der Waals surface area contributed by atoms with Gasteiger partial charge in [0.15, 0.2) is 0 Å². The monoisotopic (exact) mass is 250 g/mol. The van der Waals surface area contributed by atoms with Gasteiger partial charge in [0.1, 0.15) is 5.76 Å². The number of hydrogen-bond acceptors (Lipinski definition) is 3. The first-order valence-electron chi connectivity index (χ1n) is 7.40. The largest absolute Gasteiger partial charge is 0.468 e. The molecule has 1 saturated heterocycles. The molecule has 0 radical (unpaired) electrons. The van der Waals surface area contributed by atoms with Gasteiger partial charge in [0.2, 0.25) is 0 Å². The van der Waals surface area contributed by atoms with E-state index in [1.807, 2.05) is 6.07 Å². The van der Waals surface area contributed by atoms with Gasteiger partial charge >= 0.3 is 0 Å². The fourth-order valence-electron chi connectivity index (χ4n) is 2.68. The molecule has 0 aromatic carbocycles. The fraction of sp³-hybridized carbons (Fsp3) is 0.733. The zero-order chi connectivity index (χ0) is 12.6. The van der Waals surface area contributed by atoms with Gasteiger partial charge in [-0.25, -0.2) is 0 Å². The first-order valence-corrected chi connectivity index (χ1v) is 7.40. The van der Waals surface area contributed by atoms with E-state index in [-0.39, 0.29) is 0 Å². The van der Waals surface area contributed by atoms with Crippen molar-refractivity contribution in [1.82, 2.24) is 10.2 Å². The second-order valence-corrected chi connectivity index (χ2v) is 5.19. The van der Waals surface area contributed by atoms with E-state index in [9.17, 15) is 0 Å². The highest BCUT2D eigenvalue weighted by molar-refractivity contribution is 5.06. The third-order valence-corrected chi connectivity index (χ3v) is 3.75. The quantitative estimate of drug-likeness (QED) is 0.718. The third kappa shape index (κ3) is 3.85. The van der Waals surface area contributed by atoms with E-state index in [1.165, 1.54) is 45.2 Å². The SMILES string of the molecule is CCCCCNCC(c1ccco1)N1CCCC1. The molecule has 0 saturated carbocycles. The molecule has 2 heterocycles. The van der Waals surface area contributed by atoms with Gasteiger partial charge < -0.3 is 9.73 Å². The van der Waals surface area contributed by atoms with Crippen LogP contribution in [0.1, 0.15) is 50.8 Å². The van der Waals surface area contributed by atoms with Crippen molar-refractivity contribution >= 4 is 0 Å². The summed E-state index contributed by atoms with van der Waals surface area (Å²) in [6.07, 6.45) is 8.33. The Morgan fingerprint density at radius 1 is 1.33 bits per heavy atom. The predicted octanol–water partition coefficient (Wildman–Crippen LogP) is 3.20. The Morgan fingerprint density at radius 3 is 2.83 bits per heavy atom. The molecule has 2 rings (SSSR count). The number of nitrogens with zero attached hydrogens (tertiary/aromatic N) is 1. The van der Waals surface area contributed by atoms with Gasteiger partial charge in [-0.2, -0.15) is 0 Å². The van der Waals surface area contributed by atoms with Gasteiger partial charge in [0, 0.05) is 6.54 Å². The minimum atomic E-state index is 0.420. The van der Waals surface area contributed by atoms with Crippen LogP contribution in [-0.4, -0.2) is 31.1 Å². The van der Waals surface area contributed by atoms with E-state index in [2.05, 4.69) is 23.2 Å². The molecule has 1 aliphatic heterocycles. The lowest BCUT2D eigenvalue weighted by Gasteiger charge is -2.26. The molecule has 1 unspecified atom stereocenters. The van der Waals surface area contributed by atoms with Crippen LogP contribution >= 0.6 is 0 Å². The van der Waals surface area contributed by atoms with Gasteiger partial charge in [0.25, 0.3) is 0 Å². The second-order valence-electron chi connectivity index (χ2n) is 5.19. The molecular weight excluding hydrogens is 224 g/mol. The summed E-state index contributed by atoms with van der Waals surface area (Å²) in [6.45, 7) is 6.80. The third-order valence-electron chi connectivity index (χ3n) is 3.75. The molecule has 0 spiro atoms. The van der Waals surface area contributed by atoms with E-state index in [1.54, 1.807) is 6.26 Å². The smallest absolute Gasteiger partial charge is 0.122 e. The van der Waals surface area contributed by atoms with Gasteiger partial charge in [-0.1, -0.05) is 19.8 Å². The summed E-state index contributed by atoms with van der Waals surface area (Å²) in [4.78, 5) is 2.55. The lowest BCUT2D eigenvalue weighted by molar-refractivity contribution is 0.209. The number of rotatable bonds is 8. The van der Waals surface area contributed by atoms with Crippen LogP contribution in [0.15, 0.2) is 22.8 Å². The number of nitrogens with one attached hydrogen (secondary N) is 1. The van der Waals surface area contributed by atoms with Gasteiger partial charge in [-0.15, -0.1) is 0 Å². The maximum Gasteiger partial charge on any atom is 0.122 e. The van der Waals surface area contributed by atoms with Crippen LogP contribution in [0.25, 0.3) is 0 Å². The average molecular weight is 250 g/mol. The maximum absolute atomic E-state index is 5.60. The summed E-state index contributed by atoms with van der Waals surface area (Å²) < 4.78 is 5.60. The van der Waals surface area contributed by atoms with Crippen LogP contribution in [0.3, 0.4) is 0 Å². The fourth-order valence-corrected chi connectivity index (χ4v) is 2.68. The minimum Gasteiger partial charge on any atom is -0.468 e. The molecule has 1 aliphatic rings.